The molecule has 0 atom stereocenters. The molecule has 0 fully saturated rings. The van der Waals surface area contributed by atoms with Crippen LogP contribution in [-0.4, -0.2) is 23.9 Å². The van der Waals surface area contributed by atoms with Crippen molar-refractivity contribution in [2.45, 2.75) is 0 Å². The number of hydrogen-bond acceptors (Lipinski definition) is 2. The molecule has 4 heteroatoms. The van der Waals surface area contributed by atoms with Gasteiger partial charge in [-0.3, -0.25) is 4.79 Å². The van der Waals surface area contributed by atoms with Gasteiger partial charge in [0.15, 0.2) is 0 Å². The number of benzene rings is 1. The number of ketones is 1. The first-order valence-electron chi connectivity index (χ1n) is 4.30. The van der Waals surface area contributed by atoms with Gasteiger partial charge in [-0.1, -0.05) is 18.2 Å². The number of rotatable bonds is 4. The van der Waals surface area contributed by atoms with Crippen LogP contribution in [0.2, 0.25) is 0 Å². The average Bonchev–Trinajstić information content (AvgIpc) is 2.27. The molecule has 0 bridgehead atoms. The number of methoxy groups -OCH3 is 1. The van der Waals surface area contributed by atoms with Crippen LogP contribution >= 0.6 is 0 Å². The van der Waals surface area contributed by atoms with E-state index in [-0.39, 0.29) is 5.78 Å². The first kappa shape index (κ1) is 10.9. The zero-order valence-corrected chi connectivity index (χ0v) is 8.25. The molecule has 0 heterocycles. The van der Waals surface area contributed by atoms with Gasteiger partial charge in [0.05, 0.1) is 7.11 Å². The predicted octanol–water partition coefficient (Wildman–Crippen LogP) is 1.58. The third-order valence-electron chi connectivity index (χ3n) is 1.74. The standard InChI is InChI=1S/C11H10N2O2/c1-15-11-6-3-9(4-7-11)2-5-10(14)8-13-12/h2-8H,1H3/b5-2+. The highest BCUT2D eigenvalue weighted by molar-refractivity contribution is 6.31. The van der Waals surface area contributed by atoms with Gasteiger partial charge in [-0.2, -0.15) is 4.79 Å². The summed E-state index contributed by atoms with van der Waals surface area (Å²) in [7, 11) is 1.59. The van der Waals surface area contributed by atoms with E-state index in [1.807, 2.05) is 12.1 Å². The van der Waals surface area contributed by atoms with Crippen LogP contribution in [0.15, 0.2) is 30.3 Å². The van der Waals surface area contributed by atoms with E-state index in [0.717, 1.165) is 17.5 Å². The smallest absolute Gasteiger partial charge is 0.327 e. The third-order valence-corrected chi connectivity index (χ3v) is 1.74. The van der Waals surface area contributed by atoms with E-state index in [4.69, 9.17) is 10.3 Å². The Morgan fingerprint density at radius 2 is 2.07 bits per heavy atom. The maximum atomic E-state index is 10.9. The molecule has 0 aliphatic carbocycles. The van der Waals surface area contributed by atoms with Crippen molar-refractivity contribution in [1.82, 2.24) is 0 Å². The Morgan fingerprint density at radius 1 is 1.40 bits per heavy atom. The summed E-state index contributed by atoms with van der Waals surface area (Å²) in [6, 6.07) is 7.23. The minimum atomic E-state index is -0.367. The van der Waals surface area contributed by atoms with Crippen molar-refractivity contribution in [1.29, 1.82) is 0 Å². The first-order chi connectivity index (χ1) is 7.26. The quantitative estimate of drug-likeness (QED) is 0.322. The average molecular weight is 202 g/mol. The van der Waals surface area contributed by atoms with Crippen LogP contribution in [-0.2, 0) is 4.79 Å². The summed E-state index contributed by atoms with van der Waals surface area (Å²) in [5.41, 5.74) is 8.97. The maximum Gasteiger partial charge on any atom is 0.327 e. The van der Waals surface area contributed by atoms with Crippen molar-refractivity contribution < 1.29 is 14.3 Å². The van der Waals surface area contributed by atoms with E-state index in [2.05, 4.69) is 4.79 Å². The zero-order valence-electron chi connectivity index (χ0n) is 8.25. The lowest BCUT2D eigenvalue weighted by Gasteiger charge is -1.98. The molecule has 0 spiro atoms. The molecule has 1 rings (SSSR count). The Kier molecular flexibility index (Phi) is 4.01. The Labute approximate surface area is 87.4 Å². The molecule has 0 amide bonds. The van der Waals surface area contributed by atoms with E-state index >= 15 is 0 Å². The summed E-state index contributed by atoms with van der Waals surface area (Å²) in [6.45, 7) is 0. The van der Waals surface area contributed by atoms with Crippen LogP contribution in [0, 0.1) is 0 Å². The van der Waals surface area contributed by atoms with Gasteiger partial charge in [0.2, 0.25) is 0 Å². The van der Waals surface area contributed by atoms with Crippen molar-refractivity contribution in [3.05, 3.63) is 41.4 Å². The molecular formula is C11H10N2O2. The maximum absolute atomic E-state index is 10.9. The van der Waals surface area contributed by atoms with Crippen molar-refractivity contribution in [2.75, 3.05) is 7.11 Å². The van der Waals surface area contributed by atoms with Gasteiger partial charge >= 0.3 is 6.21 Å². The normalized spacial score (nSPS) is 9.67. The lowest BCUT2D eigenvalue weighted by atomic mass is 10.2. The first-order valence-corrected chi connectivity index (χ1v) is 4.30. The largest absolute Gasteiger partial charge is 0.497 e. The second-order valence-corrected chi connectivity index (χ2v) is 2.75. The molecule has 0 aliphatic heterocycles. The molecule has 0 unspecified atom stereocenters. The van der Waals surface area contributed by atoms with Gasteiger partial charge in [-0.05, 0) is 23.8 Å². The monoisotopic (exact) mass is 202 g/mol. The fraction of sp³-hybridized carbons (Fsp3) is 0.0909. The highest BCUT2D eigenvalue weighted by atomic mass is 16.5. The van der Waals surface area contributed by atoms with E-state index in [1.165, 1.54) is 6.08 Å². The molecular weight excluding hydrogens is 192 g/mol. The third kappa shape index (κ3) is 3.58. The van der Waals surface area contributed by atoms with E-state index in [9.17, 15) is 4.79 Å². The number of nitrogens with zero attached hydrogens (tertiary/aromatic N) is 2. The number of carbonyl (C=O) groups is 1. The van der Waals surface area contributed by atoms with Crippen molar-refractivity contribution in [3.63, 3.8) is 0 Å². The molecule has 0 radical (unpaired) electrons. The zero-order chi connectivity index (χ0) is 11.1. The molecule has 1 aromatic carbocycles. The van der Waals surface area contributed by atoms with Gasteiger partial charge in [-0.15, -0.1) is 0 Å². The molecule has 0 aliphatic rings. The summed E-state index contributed by atoms with van der Waals surface area (Å²) in [6.07, 6.45) is 3.78. The highest BCUT2D eigenvalue weighted by Gasteiger charge is 1.95. The number of allylic oxidation sites excluding steroid dienone is 1. The lowest BCUT2D eigenvalue weighted by Crippen LogP contribution is -1.93. The van der Waals surface area contributed by atoms with Gasteiger partial charge in [-0.25, -0.2) is 0 Å². The molecule has 76 valence electrons. The van der Waals surface area contributed by atoms with Crippen molar-refractivity contribution >= 4 is 18.1 Å². The number of carbonyl (C=O) groups excluding carboxylic acids is 1. The highest BCUT2D eigenvalue weighted by Crippen LogP contribution is 2.11. The van der Waals surface area contributed by atoms with Crippen LogP contribution < -0.4 is 4.74 Å². The second-order valence-electron chi connectivity index (χ2n) is 2.75. The molecule has 0 saturated carbocycles. The summed E-state index contributed by atoms with van der Waals surface area (Å²) in [5, 5.41) is 0. The Bertz CT molecular complexity index is 415. The molecule has 0 saturated heterocycles. The SMILES string of the molecule is COc1ccc(/C=C/C(=O)C=[N+]=[N-])cc1. The van der Waals surface area contributed by atoms with Gasteiger partial charge in [0.25, 0.3) is 5.78 Å². The van der Waals surface area contributed by atoms with Crippen LogP contribution in [0.5, 0.6) is 5.75 Å². The van der Waals surface area contributed by atoms with Crippen LogP contribution in [0.4, 0.5) is 0 Å². The summed E-state index contributed by atoms with van der Waals surface area (Å²) in [4.78, 5) is 13.5. The molecule has 15 heavy (non-hydrogen) atoms. The minimum Gasteiger partial charge on any atom is -0.497 e. The van der Waals surface area contributed by atoms with Crippen LogP contribution in [0.3, 0.4) is 0 Å². The summed E-state index contributed by atoms with van der Waals surface area (Å²) >= 11 is 0. The molecule has 0 N–H and O–H groups in total. The van der Waals surface area contributed by atoms with Crippen molar-refractivity contribution in [2.24, 2.45) is 0 Å². The second kappa shape index (κ2) is 5.52. The van der Waals surface area contributed by atoms with E-state index < -0.39 is 0 Å². The Hall–Kier alpha value is -2.19. The van der Waals surface area contributed by atoms with Gasteiger partial charge in [0, 0.05) is 0 Å². The fourth-order valence-corrected chi connectivity index (χ4v) is 0.993. The van der Waals surface area contributed by atoms with E-state index in [0.29, 0.717) is 0 Å². The van der Waals surface area contributed by atoms with Crippen molar-refractivity contribution in [3.8, 4) is 5.75 Å². The van der Waals surface area contributed by atoms with Crippen LogP contribution in [0.1, 0.15) is 5.56 Å². The van der Waals surface area contributed by atoms with Crippen LogP contribution in [0.25, 0.3) is 11.6 Å². The Morgan fingerprint density at radius 3 is 2.60 bits per heavy atom. The Balaban J connectivity index is 2.72. The molecule has 0 aromatic heterocycles. The number of ether oxygens (including phenoxy) is 1. The molecule has 1 aromatic rings. The summed E-state index contributed by atoms with van der Waals surface area (Å²) in [5.74, 6) is 0.392. The minimum absolute atomic E-state index is 0.367. The fourth-order valence-electron chi connectivity index (χ4n) is 0.993. The molecule has 4 nitrogen and oxygen atoms in total. The lowest BCUT2D eigenvalue weighted by molar-refractivity contribution is -0.111. The number of hydrogen-bond donors (Lipinski definition) is 0. The topological polar surface area (TPSA) is 62.7 Å². The van der Waals surface area contributed by atoms with E-state index in [1.54, 1.807) is 25.3 Å². The summed E-state index contributed by atoms with van der Waals surface area (Å²) < 4.78 is 4.99. The van der Waals surface area contributed by atoms with Gasteiger partial charge < -0.3 is 10.3 Å². The van der Waals surface area contributed by atoms with Gasteiger partial charge in [0.1, 0.15) is 5.75 Å². The predicted molar refractivity (Wildman–Crippen MR) is 56.7 cm³/mol.